The zero-order valence-corrected chi connectivity index (χ0v) is 20.4. The molecule has 0 spiro atoms. The molecule has 0 heterocycles. The van der Waals surface area contributed by atoms with E-state index in [1.54, 1.807) is 12.1 Å². The predicted octanol–water partition coefficient (Wildman–Crippen LogP) is 2.30. The number of esters is 1. The lowest BCUT2D eigenvalue weighted by Crippen LogP contribution is -2.46. The number of benzene rings is 2. The number of Topliss-reactive ketones (excluding diaryl/α,β-unsaturated/α-hetero) is 2. The van der Waals surface area contributed by atoms with Crippen molar-refractivity contribution in [2.24, 2.45) is 0 Å². The quantitative estimate of drug-likeness (QED) is 0.302. The van der Waals surface area contributed by atoms with Crippen LogP contribution in [0.5, 0.6) is 5.75 Å². The van der Waals surface area contributed by atoms with Gasteiger partial charge in [0.15, 0.2) is 0 Å². The van der Waals surface area contributed by atoms with Gasteiger partial charge in [0.05, 0.1) is 7.11 Å². The van der Waals surface area contributed by atoms with E-state index in [4.69, 9.17) is 4.74 Å². The average molecular weight is 483 g/mol. The van der Waals surface area contributed by atoms with Gasteiger partial charge in [0.2, 0.25) is 11.6 Å². The van der Waals surface area contributed by atoms with Gasteiger partial charge in [-0.3, -0.25) is 19.2 Å². The van der Waals surface area contributed by atoms with Crippen molar-refractivity contribution >= 4 is 29.4 Å². The van der Waals surface area contributed by atoms with Crippen LogP contribution in [-0.4, -0.2) is 64.6 Å². The van der Waals surface area contributed by atoms with Gasteiger partial charge in [-0.2, -0.15) is 0 Å². The smallest absolute Gasteiger partial charge is 0.328 e. The zero-order valence-electron chi connectivity index (χ0n) is 20.4. The molecule has 9 nitrogen and oxygen atoms in total. The lowest BCUT2D eigenvalue weighted by Gasteiger charge is -2.30. The van der Waals surface area contributed by atoms with E-state index in [1.165, 1.54) is 41.3 Å². The summed E-state index contributed by atoms with van der Waals surface area (Å²) in [6.07, 6.45) is 0.0454. The monoisotopic (exact) mass is 482 g/mol. The molecular formula is C26H30N2O7. The molecule has 0 aromatic heterocycles. The minimum atomic E-state index is -1.13. The van der Waals surface area contributed by atoms with Gasteiger partial charge >= 0.3 is 5.97 Å². The van der Waals surface area contributed by atoms with Crippen molar-refractivity contribution in [1.29, 1.82) is 0 Å². The number of nitrogens with one attached hydrogen (secondary N) is 1. The fraction of sp³-hybridized carbons (Fsp3) is 0.346. The van der Waals surface area contributed by atoms with Crippen molar-refractivity contribution in [3.8, 4) is 5.75 Å². The summed E-state index contributed by atoms with van der Waals surface area (Å²) >= 11 is 0. The van der Waals surface area contributed by atoms with Gasteiger partial charge in [0, 0.05) is 29.6 Å². The second kappa shape index (κ2) is 11.9. The Labute approximate surface area is 204 Å². The summed E-state index contributed by atoms with van der Waals surface area (Å²) in [6, 6.07) is 9.76. The molecule has 0 aliphatic carbocycles. The van der Waals surface area contributed by atoms with Crippen LogP contribution in [-0.2, 0) is 25.5 Å². The molecule has 1 atom stereocenters. The zero-order chi connectivity index (χ0) is 26.3. The maximum absolute atomic E-state index is 12.6. The molecule has 0 saturated heterocycles. The number of phenolic OH excluding ortho intramolecular Hbond substituents is 1. The third-order valence-corrected chi connectivity index (χ3v) is 5.32. The van der Waals surface area contributed by atoms with Crippen LogP contribution < -0.4 is 5.32 Å². The Morgan fingerprint density at radius 3 is 1.77 bits per heavy atom. The highest BCUT2D eigenvalue weighted by atomic mass is 16.5. The van der Waals surface area contributed by atoms with Crippen molar-refractivity contribution in [2.75, 3.05) is 7.11 Å². The first-order chi connectivity index (χ1) is 16.5. The summed E-state index contributed by atoms with van der Waals surface area (Å²) in [4.78, 5) is 64.0. The van der Waals surface area contributed by atoms with Crippen LogP contribution in [0.3, 0.4) is 0 Å². The van der Waals surface area contributed by atoms with Gasteiger partial charge in [-0.25, -0.2) is 4.79 Å². The van der Waals surface area contributed by atoms with Crippen LogP contribution >= 0.6 is 0 Å². The van der Waals surface area contributed by atoms with E-state index < -0.39 is 35.4 Å². The molecule has 186 valence electrons. The number of aromatic hydroxyl groups is 1. The van der Waals surface area contributed by atoms with Crippen molar-refractivity contribution < 1.29 is 33.8 Å². The molecule has 2 N–H and O–H groups in total. The Morgan fingerprint density at radius 1 is 0.829 bits per heavy atom. The SMILES string of the molecule is COC(=O)[C@H](Cc1ccc(O)cc1)NC(=O)C(=O)c1ccc(C(=O)C(=O)N(C(C)C)C(C)C)cc1. The van der Waals surface area contributed by atoms with Crippen LogP contribution in [0.25, 0.3) is 0 Å². The molecule has 0 aliphatic heterocycles. The van der Waals surface area contributed by atoms with E-state index in [0.717, 1.165) is 7.11 Å². The molecule has 2 aromatic carbocycles. The van der Waals surface area contributed by atoms with Gasteiger partial charge in [0.25, 0.3) is 11.8 Å². The molecule has 0 fully saturated rings. The van der Waals surface area contributed by atoms with Gasteiger partial charge in [-0.15, -0.1) is 0 Å². The summed E-state index contributed by atoms with van der Waals surface area (Å²) in [5.74, 6) is -4.00. The first-order valence-electron chi connectivity index (χ1n) is 11.1. The lowest BCUT2D eigenvalue weighted by atomic mass is 10.0. The third-order valence-electron chi connectivity index (χ3n) is 5.32. The van der Waals surface area contributed by atoms with E-state index in [0.29, 0.717) is 5.56 Å². The highest BCUT2D eigenvalue weighted by Gasteiger charge is 2.29. The molecule has 0 aliphatic rings. The summed E-state index contributed by atoms with van der Waals surface area (Å²) in [5, 5.41) is 11.8. The molecule has 0 saturated carbocycles. The number of rotatable bonds is 10. The Hall–Kier alpha value is -4.01. The summed E-state index contributed by atoms with van der Waals surface area (Å²) in [5.41, 5.74) is 0.720. The number of carbonyl (C=O) groups is 5. The molecule has 0 unspecified atom stereocenters. The second-order valence-corrected chi connectivity index (χ2v) is 8.56. The normalized spacial score (nSPS) is 11.6. The van der Waals surface area contributed by atoms with E-state index in [9.17, 15) is 29.1 Å². The molecule has 35 heavy (non-hydrogen) atoms. The number of ether oxygens (including phenoxy) is 1. The van der Waals surface area contributed by atoms with Crippen molar-refractivity contribution in [1.82, 2.24) is 10.2 Å². The summed E-state index contributed by atoms with van der Waals surface area (Å²) < 4.78 is 4.72. The second-order valence-electron chi connectivity index (χ2n) is 8.56. The number of phenols is 1. The molecular weight excluding hydrogens is 452 g/mol. The highest BCUT2D eigenvalue weighted by Crippen LogP contribution is 2.14. The number of nitrogens with zero attached hydrogens (tertiary/aromatic N) is 1. The predicted molar refractivity (Wildman–Crippen MR) is 128 cm³/mol. The number of amides is 2. The van der Waals surface area contributed by atoms with Gasteiger partial charge < -0.3 is 20.1 Å². The van der Waals surface area contributed by atoms with E-state index in [1.807, 2.05) is 27.7 Å². The van der Waals surface area contributed by atoms with Crippen LogP contribution in [0, 0.1) is 0 Å². The highest BCUT2D eigenvalue weighted by molar-refractivity contribution is 6.44. The molecule has 9 heteroatoms. The Bertz CT molecular complexity index is 1080. The molecule has 2 amide bonds. The molecule has 2 rings (SSSR count). The number of hydrogen-bond acceptors (Lipinski definition) is 7. The van der Waals surface area contributed by atoms with Crippen LogP contribution in [0.4, 0.5) is 0 Å². The third kappa shape index (κ3) is 6.99. The molecule has 0 bridgehead atoms. The molecule has 0 radical (unpaired) electrons. The topological polar surface area (TPSA) is 130 Å². The Morgan fingerprint density at radius 2 is 1.31 bits per heavy atom. The first kappa shape index (κ1) is 27.2. The number of carbonyl (C=O) groups excluding carboxylic acids is 5. The van der Waals surface area contributed by atoms with Crippen molar-refractivity contribution in [2.45, 2.75) is 52.2 Å². The van der Waals surface area contributed by atoms with E-state index >= 15 is 0 Å². The summed E-state index contributed by atoms with van der Waals surface area (Å²) in [6.45, 7) is 7.26. The van der Waals surface area contributed by atoms with Crippen LogP contribution in [0.2, 0.25) is 0 Å². The lowest BCUT2D eigenvalue weighted by molar-refractivity contribution is -0.144. The minimum absolute atomic E-state index is 0.00989. The van der Waals surface area contributed by atoms with E-state index in [-0.39, 0.29) is 35.4 Å². The van der Waals surface area contributed by atoms with Gasteiger partial charge in [-0.05, 0) is 45.4 Å². The fourth-order valence-electron chi connectivity index (χ4n) is 3.64. The Balaban J connectivity index is 2.13. The average Bonchev–Trinajstić information content (AvgIpc) is 2.83. The van der Waals surface area contributed by atoms with Crippen molar-refractivity contribution in [3.63, 3.8) is 0 Å². The number of ketones is 2. The van der Waals surface area contributed by atoms with Crippen LogP contribution in [0.1, 0.15) is 54.0 Å². The van der Waals surface area contributed by atoms with E-state index in [2.05, 4.69) is 5.32 Å². The molecule has 2 aromatic rings. The number of methoxy groups -OCH3 is 1. The first-order valence-corrected chi connectivity index (χ1v) is 11.1. The maximum atomic E-state index is 12.6. The standard InChI is InChI=1S/C26H30N2O7/c1-15(2)28(16(3)4)25(33)23(31)19-10-8-18(9-11-19)22(30)24(32)27-21(26(34)35-5)14-17-6-12-20(29)13-7-17/h6-13,15-16,21,29H,14H2,1-5H3,(H,27,32)/t21-/m0/s1. The largest absolute Gasteiger partial charge is 0.508 e. The van der Waals surface area contributed by atoms with Crippen molar-refractivity contribution in [3.05, 3.63) is 65.2 Å². The van der Waals surface area contributed by atoms with Gasteiger partial charge in [-0.1, -0.05) is 36.4 Å². The summed E-state index contributed by atoms with van der Waals surface area (Å²) in [7, 11) is 1.16. The number of hydrogen-bond donors (Lipinski definition) is 2. The van der Waals surface area contributed by atoms with Gasteiger partial charge in [0.1, 0.15) is 11.8 Å². The Kier molecular flexibility index (Phi) is 9.27. The van der Waals surface area contributed by atoms with Crippen LogP contribution in [0.15, 0.2) is 48.5 Å². The minimum Gasteiger partial charge on any atom is -0.508 e. The maximum Gasteiger partial charge on any atom is 0.328 e. The fourth-order valence-corrected chi connectivity index (χ4v) is 3.64.